The van der Waals surface area contributed by atoms with Crippen molar-refractivity contribution >= 4 is 5.97 Å². The maximum atomic E-state index is 12.3. The van der Waals surface area contributed by atoms with E-state index in [1.54, 1.807) is 12.1 Å². The average Bonchev–Trinajstić information content (AvgIpc) is 2.60. The molecule has 3 nitrogen and oxygen atoms in total. The summed E-state index contributed by atoms with van der Waals surface area (Å²) in [6, 6.07) is 9.25. The molecule has 0 radical (unpaired) electrons. The van der Waals surface area contributed by atoms with Gasteiger partial charge in [0.1, 0.15) is 11.3 Å². The molecular formula is C22H37NO2. The van der Waals surface area contributed by atoms with Crippen molar-refractivity contribution in [1.29, 1.82) is 0 Å². The third-order valence-electron chi connectivity index (χ3n) is 4.56. The van der Waals surface area contributed by atoms with Gasteiger partial charge in [0.15, 0.2) is 0 Å². The van der Waals surface area contributed by atoms with E-state index in [0.29, 0.717) is 5.75 Å². The third kappa shape index (κ3) is 10.3. The highest BCUT2D eigenvalue weighted by Gasteiger charge is 2.28. The quantitative estimate of drug-likeness (QED) is 0.259. The Morgan fingerprint density at radius 1 is 0.880 bits per heavy atom. The molecule has 0 saturated heterocycles. The minimum Gasteiger partial charge on any atom is -0.425 e. The Hall–Kier alpha value is -1.35. The first-order valence-electron chi connectivity index (χ1n) is 10.1. The van der Waals surface area contributed by atoms with Crippen LogP contribution in [0.2, 0.25) is 0 Å². The zero-order valence-electron chi connectivity index (χ0n) is 16.5. The highest BCUT2D eigenvalue weighted by molar-refractivity contribution is 5.81. The third-order valence-corrected chi connectivity index (χ3v) is 4.56. The lowest BCUT2D eigenvalue weighted by molar-refractivity contribution is -0.140. The highest BCUT2D eigenvalue weighted by atomic mass is 16.5. The van der Waals surface area contributed by atoms with Crippen LogP contribution < -0.4 is 10.1 Å². The molecule has 0 fully saturated rings. The Morgan fingerprint density at radius 3 is 1.96 bits per heavy atom. The van der Waals surface area contributed by atoms with E-state index in [0.717, 1.165) is 13.0 Å². The molecule has 0 bridgehead atoms. The molecule has 1 aromatic rings. The topological polar surface area (TPSA) is 38.3 Å². The zero-order valence-corrected chi connectivity index (χ0v) is 16.5. The van der Waals surface area contributed by atoms with Crippen LogP contribution in [-0.2, 0) is 4.79 Å². The zero-order chi connectivity index (χ0) is 18.4. The number of carbonyl (C=O) groups is 1. The Morgan fingerprint density at radius 2 is 1.40 bits per heavy atom. The molecule has 1 aromatic carbocycles. The van der Waals surface area contributed by atoms with Crippen molar-refractivity contribution in [2.24, 2.45) is 0 Å². The average molecular weight is 348 g/mol. The SMILES string of the molecule is CCCCCCCCCCCCNC(C)(C)C(=O)Oc1ccccc1. The van der Waals surface area contributed by atoms with Gasteiger partial charge in [-0.25, -0.2) is 4.79 Å². The first-order chi connectivity index (χ1) is 12.1. The van der Waals surface area contributed by atoms with E-state index in [1.165, 1.54) is 57.8 Å². The van der Waals surface area contributed by atoms with Gasteiger partial charge in [-0.05, 0) is 38.9 Å². The number of ether oxygens (including phenoxy) is 1. The Labute approximate surface area is 154 Å². The predicted molar refractivity (Wildman–Crippen MR) is 106 cm³/mol. The van der Waals surface area contributed by atoms with Crippen LogP contribution in [-0.4, -0.2) is 18.1 Å². The number of rotatable bonds is 14. The van der Waals surface area contributed by atoms with E-state index in [1.807, 2.05) is 32.0 Å². The molecule has 0 aromatic heterocycles. The molecule has 3 heteroatoms. The molecule has 1 rings (SSSR count). The van der Waals surface area contributed by atoms with Gasteiger partial charge in [0.25, 0.3) is 0 Å². The van der Waals surface area contributed by atoms with Crippen molar-refractivity contribution in [3.63, 3.8) is 0 Å². The molecule has 0 atom stereocenters. The Balaban J connectivity index is 2.05. The van der Waals surface area contributed by atoms with Crippen LogP contribution in [0.15, 0.2) is 30.3 Å². The highest BCUT2D eigenvalue weighted by Crippen LogP contribution is 2.14. The van der Waals surface area contributed by atoms with Crippen molar-refractivity contribution in [2.75, 3.05) is 6.54 Å². The van der Waals surface area contributed by atoms with Gasteiger partial charge in [0, 0.05) is 0 Å². The molecule has 0 heterocycles. The normalized spacial score (nSPS) is 11.5. The summed E-state index contributed by atoms with van der Waals surface area (Å²) in [5, 5.41) is 3.33. The minimum absolute atomic E-state index is 0.231. The van der Waals surface area contributed by atoms with E-state index < -0.39 is 5.54 Å². The van der Waals surface area contributed by atoms with Crippen LogP contribution in [0.25, 0.3) is 0 Å². The van der Waals surface area contributed by atoms with Crippen LogP contribution in [0.5, 0.6) is 5.75 Å². The van der Waals surface area contributed by atoms with Crippen molar-refractivity contribution in [1.82, 2.24) is 5.32 Å². The molecule has 0 saturated carbocycles. The number of para-hydroxylation sites is 1. The maximum absolute atomic E-state index is 12.3. The van der Waals surface area contributed by atoms with Gasteiger partial charge in [-0.15, -0.1) is 0 Å². The second kappa shape index (κ2) is 12.9. The van der Waals surface area contributed by atoms with Gasteiger partial charge in [-0.3, -0.25) is 0 Å². The summed E-state index contributed by atoms with van der Waals surface area (Å²) in [6.45, 7) is 6.88. The summed E-state index contributed by atoms with van der Waals surface area (Å²) in [5.41, 5.74) is -0.658. The summed E-state index contributed by atoms with van der Waals surface area (Å²) in [7, 11) is 0. The summed E-state index contributed by atoms with van der Waals surface area (Å²) >= 11 is 0. The number of nitrogens with one attached hydrogen (secondary N) is 1. The number of unbranched alkanes of at least 4 members (excludes halogenated alkanes) is 9. The second-order valence-corrected chi connectivity index (χ2v) is 7.44. The molecule has 0 spiro atoms. The largest absolute Gasteiger partial charge is 0.425 e. The number of hydrogen-bond donors (Lipinski definition) is 1. The molecule has 25 heavy (non-hydrogen) atoms. The maximum Gasteiger partial charge on any atom is 0.331 e. The van der Waals surface area contributed by atoms with E-state index in [2.05, 4.69) is 12.2 Å². The lowest BCUT2D eigenvalue weighted by atomic mass is 10.0. The summed E-state index contributed by atoms with van der Waals surface area (Å²) < 4.78 is 5.43. The number of hydrogen-bond acceptors (Lipinski definition) is 3. The summed E-state index contributed by atoms with van der Waals surface area (Å²) in [6.07, 6.45) is 13.2. The standard InChI is InChI=1S/C22H37NO2/c1-4-5-6-7-8-9-10-11-12-16-19-23-22(2,3)21(24)25-20-17-14-13-15-18-20/h13-15,17-18,23H,4-12,16,19H2,1-3H3. The first-order valence-corrected chi connectivity index (χ1v) is 10.1. The second-order valence-electron chi connectivity index (χ2n) is 7.44. The lowest BCUT2D eigenvalue weighted by Crippen LogP contribution is -2.49. The van der Waals surface area contributed by atoms with Crippen molar-refractivity contribution in [2.45, 2.75) is 90.5 Å². The number of carbonyl (C=O) groups excluding carboxylic acids is 1. The van der Waals surface area contributed by atoms with E-state index in [9.17, 15) is 4.79 Å². The summed E-state index contributed by atoms with van der Waals surface area (Å²) in [5.74, 6) is 0.368. The molecule has 0 aliphatic rings. The van der Waals surface area contributed by atoms with Gasteiger partial charge in [0.2, 0.25) is 0 Å². The number of benzene rings is 1. The fraction of sp³-hybridized carbons (Fsp3) is 0.682. The van der Waals surface area contributed by atoms with E-state index in [4.69, 9.17) is 4.74 Å². The van der Waals surface area contributed by atoms with Crippen molar-refractivity contribution < 1.29 is 9.53 Å². The van der Waals surface area contributed by atoms with Crippen LogP contribution >= 0.6 is 0 Å². The fourth-order valence-electron chi connectivity index (χ4n) is 2.81. The van der Waals surface area contributed by atoms with Crippen LogP contribution in [0.3, 0.4) is 0 Å². The molecule has 0 unspecified atom stereocenters. The molecular weight excluding hydrogens is 310 g/mol. The van der Waals surface area contributed by atoms with Crippen molar-refractivity contribution in [3.8, 4) is 5.75 Å². The monoisotopic (exact) mass is 347 g/mol. The van der Waals surface area contributed by atoms with Gasteiger partial charge < -0.3 is 10.1 Å². The number of esters is 1. The smallest absolute Gasteiger partial charge is 0.331 e. The van der Waals surface area contributed by atoms with E-state index >= 15 is 0 Å². The Bertz CT molecular complexity index is 456. The Kier molecular flexibility index (Phi) is 11.2. The van der Waals surface area contributed by atoms with Gasteiger partial charge in [-0.1, -0.05) is 82.9 Å². The van der Waals surface area contributed by atoms with Crippen molar-refractivity contribution in [3.05, 3.63) is 30.3 Å². The molecule has 1 N–H and O–H groups in total. The van der Waals surface area contributed by atoms with Crippen LogP contribution in [0.4, 0.5) is 0 Å². The van der Waals surface area contributed by atoms with Crippen LogP contribution in [0, 0.1) is 0 Å². The predicted octanol–water partition coefficient (Wildman–Crippen LogP) is 5.88. The van der Waals surface area contributed by atoms with Crippen LogP contribution in [0.1, 0.15) is 85.0 Å². The first kappa shape index (κ1) is 21.7. The van der Waals surface area contributed by atoms with Gasteiger partial charge >= 0.3 is 5.97 Å². The van der Waals surface area contributed by atoms with Gasteiger partial charge in [0.05, 0.1) is 0 Å². The minimum atomic E-state index is -0.658. The van der Waals surface area contributed by atoms with Gasteiger partial charge in [-0.2, -0.15) is 0 Å². The molecule has 142 valence electrons. The molecule has 0 aliphatic carbocycles. The molecule has 0 amide bonds. The van der Waals surface area contributed by atoms with E-state index in [-0.39, 0.29) is 5.97 Å². The fourth-order valence-corrected chi connectivity index (χ4v) is 2.81. The summed E-state index contributed by atoms with van der Waals surface area (Å²) in [4.78, 5) is 12.3. The lowest BCUT2D eigenvalue weighted by Gasteiger charge is -2.24. The molecule has 0 aliphatic heterocycles.